The maximum atomic E-state index is 13.1. The van der Waals surface area contributed by atoms with E-state index in [0.717, 1.165) is 10.7 Å². The van der Waals surface area contributed by atoms with Crippen LogP contribution in [0.15, 0.2) is 66.4 Å². The summed E-state index contributed by atoms with van der Waals surface area (Å²) in [7, 11) is 3.10. The van der Waals surface area contributed by atoms with Crippen molar-refractivity contribution >= 4 is 45.6 Å². The maximum absolute atomic E-state index is 13.1. The molecule has 0 aliphatic rings. The Bertz CT molecular complexity index is 1300. The van der Waals surface area contributed by atoms with Crippen LogP contribution in [-0.2, 0) is 17.7 Å². The standard InChI is InChI=1S/C26H23Cl2N3O4S/c1-33-22-8-7-18(11-24(22)34-2)23(12-19-20(27)14-29-15-21(19)28)35-25(32)17-5-3-16(4-6-17)13-31-26-30-9-10-36-26/h3-11,14-15,23H,12-13H2,1-2H3,(H,30,31)/t23-/m0/s1. The number of esters is 1. The number of halogens is 2. The Kier molecular flexibility index (Phi) is 8.64. The average molecular weight is 544 g/mol. The minimum absolute atomic E-state index is 0.247. The molecule has 10 heteroatoms. The third-order valence-corrected chi connectivity index (χ3v) is 6.82. The first-order chi connectivity index (χ1) is 17.5. The second-order valence-electron chi connectivity index (χ2n) is 7.68. The number of hydrogen-bond donors (Lipinski definition) is 1. The van der Waals surface area contributed by atoms with Crippen LogP contribution in [0.3, 0.4) is 0 Å². The van der Waals surface area contributed by atoms with Crippen molar-refractivity contribution in [3.8, 4) is 11.5 Å². The number of carbonyl (C=O) groups excluding carboxylic acids is 1. The molecule has 0 bridgehead atoms. The molecule has 1 atom stereocenters. The Balaban J connectivity index is 1.56. The SMILES string of the molecule is COc1ccc([C@H](Cc2c(Cl)cncc2Cl)OC(=O)c2ccc(CNc3nccs3)cc2)cc1OC. The predicted octanol–water partition coefficient (Wildman–Crippen LogP) is 6.62. The molecule has 0 radical (unpaired) electrons. The van der Waals surface area contributed by atoms with E-state index < -0.39 is 12.1 Å². The summed E-state index contributed by atoms with van der Waals surface area (Å²) in [5.41, 5.74) is 2.76. The van der Waals surface area contributed by atoms with Crippen molar-refractivity contribution in [1.29, 1.82) is 0 Å². The van der Waals surface area contributed by atoms with Gasteiger partial charge in [-0.25, -0.2) is 9.78 Å². The van der Waals surface area contributed by atoms with E-state index in [4.69, 9.17) is 37.4 Å². The Labute approximate surface area is 223 Å². The first-order valence-electron chi connectivity index (χ1n) is 10.9. The van der Waals surface area contributed by atoms with E-state index in [1.54, 1.807) is 44.7 Å². The number of thiazole rings is 1. The Morgan fingerprint density at radius 1 is 1.03 bits per heavy atom. The molecule has 4 rings (SSSR count). The van der Waals surface area contributed by atoms with Gasteiger partial charge in [-0.15, -0.1) is 11.3 Å². The van der Waals surface area contributed by atoms with Gasteiger partial charge in [-0.2, -0.15) is 0 Å². The quantitative estimate of drug-likeness (QED) is 0.225. The lowest BCUT2D eigenvalue weighted by Crippen LogP contribution is -2.15. The largest absolute Gasteiger partial charge is 0.493 e. The number of pyridine rings is 1. The van der Waals surface area contributed by atoms with E-state index in [1.165, 1.54) is 23.7 Å². The molecule has 4 aromatic rings. The number of nitrogens with one attached hydrogen (secondary N) is 1. The molecule has 0 fully saturated rings. The van der Waals surface area contributed by atoms with Gasteiger partial charge in [0.2, 0.25) is 0 Å². The lowest BCUT2D eigenvalue weighted by Gasteiger charge is -2.21. The zero-order valence-electron chi connectivity index (χ0n) is 19.5. The minimum Gasteiger partial charge on any atom is -0.493 e. The number of benzene rings is 2. The lowest BCUT2D eigenvalue weighted by molar-refractivity contribution is 0.0297. The van der Waals surface area contributed by atoms with Crippen molar-refractivity contribution in [1.82, 2.24) is 9.97 Å². The van der Waals surface area contributed by atoms with Crippen molar-refractivity contribution in [3.05, 3.63) is 98.7 Å². The fourth-order valence-electron chi connectivity index (χ4n) is 3.54. The van der Waals surface area contributed by atoms with Gasteiger partial charge in [0.15, 0.2) is 16.6 Å². The molecule has 1 N–H and O–H groups in total. The van der Waals surface area contributed by atoms with Gasteiger partial charge in [-0.05, 0) is 41.0 Å². The molecule has 7 nitrogen and oxygen atoms in total. The molecule has 0 saturated carbocycles. The molecule has 2 aromatic carbocycles. The van der Waals surface area contributed by atoms with Gasteiger partial charge in [0.1, 0.15) is 6.10 Å². The van der Waals surface area contributed by atoms with E-state index in [0.29, 0.717) is 44.8 Å². The van der Waals surface area contributed by atoms with Gasteiger partial charge in [-0.3, -0.25) is 4.98 Å². The highest BCUT2D eigenvalue weighted by atomic mass is 35.5. The van der Waals surface area contributed by atoms with Crippen LogP contribution in [0.1, 0.15) is 33.2 Å². The van der Waals surface area contributed by atoms with Crippen LogP contribution < -0.4 is 14.8 Å². The number of rotatable bonds is 10. The Morgan fingerprint density at radius 2 is 1.75 bits per heavy atom. The number of aromatic nitrogens is 2. The van der Waals surface area contributed by atoms with Gasteiger partial charge in [0.25, 0.3) is 0 Å². The normalized spacial score (nSPS) is 11.6. The lowest BCUT2D eigenvalue weighted by atomic mass is 10.0. The molecular weight excluding hydrogens is 521 g/mol. The van der Waals surface area contributed by atoms with Gasteiger partial charge >= 0.3 is 5.97 Å². The van der Waals surface area contributed by atoms with Crippen molar-refractivity contribution < 1.29 is 19.0 Å². The molecule has 2 heterocycles. The average Bonchev–Trinajstić information content (AvgIpc) is 3.42. The minimum atomic E-state index is -0.694. The molecule has 0 aliphatic carbocycles. The van der Waals surface area contributed by atoms with Gasteiger partial charge in [0, 0.05) is 36.9 Å². The zero-order chi connectivity index (χ0) is 25.5. The molecule has 186 valence electrons. The monoisotopic (exact) mass is 543 g/mol. The smallest absolute Gasteiger partial charge is 0.338 e. The van der Waals surface area contributed by atoms with Crippen LogP contribution >= 0.6 is 34.5 Å². The molecule has 2 aromatic heterocycles. The van der Waals surface area contributed by atoms with Crippen LogP contribution in [0, 0.1) is 0 Å². The van der Waals surface area contributed by atoms with Crippen LogP contribution in [0.4, 0.5) is 5.13 Å². The third kappa shape index (κ3) is 6.26. The van der Waals surface area contributed by atoms with Crippen molar-refractivity contribution in [2.75, 3.05) is 19.5 Å². The summed E-state index contributed by atoms with van der Waals surface area (Å²) >= 11 is 14.3. The van der Waals surface area contributed by atoms with E-state index in [9.17, 15) is 4.79 Å². The van der Waals surface area contributed by atoms with Crippen molar-refractivity contribution in [3.63, 3.8) is 0 Å². The molecule has 0 aliphatic heterocycles. The molecule has 0 saturated heterocycles. The topological polar surface area (TPSA) is 82.6 Å². The summed E-state index contributed by atoms with van der Waals surface area (Å²) in [5, 5.41) is 6.76. The van der Waals surface area contributed by atoms with Crippen LogP contribution in [0.2, 0.25) is 10.0 Å². The fraction of sp³-hybridized carbons (Fsp3) is 0.192. The number of nitrogens with zero attached hydrogens (tertiary/aromatic N) is 2. The highest BCUT2D eigenvalue weighted by Crippen LogP contribution is 2.35. The van der Waals surface area contributed by atoms with Crippen LogP contribution in [-0.4, -0.2) is 30.2 Å². The third-order valence-electron chi connectivity index (χ3n) is 5.44. The zero-order valence-corrected chi connectivity index (χ0v) is 21.9. The molecule has 0 amide bonds. The molecule has 0 unspecified atom stereocenters. The molecular formula is C26H23Cl2N3O4S. The van der Waals surface area contributed by atoms with Crippen molar-refractivity contribution in [2.24, 2.45) is 0 Å². The summed E-state index contributed by atoms with van der Waals surface area (Å²) < 4.78 is 16.8. The van der Waals surface area contributed by atoms with E-state index >= 15 is 0 Å². The summed E-state index contributed by atoms with van der Waals surface area (Å²) in [4.78, 5) is 21.3. The fourth-order valence-corrected chi connectivity index (χ4v) is 4.59. The van der Waals surface area contributed by atoms with Gasteiger partial charge in [0.05, 0.1) is 29.8 Å². The number of carbonyl (C=O) groups is 1. The number of hydrogen-bond acceptors (Lipinski definition) is 8. The first-order valence-corrected chi connectivity index (χ1v) is 12.5. The summed E-state index contributed by atoms with van der Waals surface area (Å²) in [6, 6.07) is 12.6. The summed E-state index contributed by atoms with van der Waals surface area (Å²) in [6.07, 6.45) is 4.31. The van der Waals surface area contributed by atoms with Crippen molar-refractivity contribution in [2.45, 2.75) is 19.1 Å². The molecule has 36 heavy (non-hydrogen) atoms. The Hall–Kier alpha value is -3.33. The second-order valence-corrected chi connectivity index (χ2v) is 9.39. The van der Waals surface area contributed by atoms with Crippen LogP contribution in [0.5, 0.6) is 11.5 Å². The van der Waals surface area contributed by atoms with Crippen LogP contribution in [0.25, 0.3) is 0 Å². The summed E-state index contributed by atoms with van der Waals surface area (Å²) in [6.45, 7) is 0.593. The summed E-state index contributed by atoms with van der Waals surface area (Å²) in [5.74, 6) is 0.601. The maximum Gasteiger partial charge on any atom is 0.338 e. The Morgan fingerprint density at radius 3 is 2.39 bits per heavy atom. The highest BCUT2D eigenvalue weighted by molar-refractivity contribution is 7.13. The van der Waals surface area contributed by atoms with E-state index in [2.05, 4.69) is 15.3 Å². The predicted molar refractivity (Wildman–Crippen MR) is 142 cm³/mol. The second kappa shape index (κ2) is 12.1. The highest BCUT2D eigenvalue weighted by Gasteiger charge is 2.23. The van der Waals surface area contributed by atoms with E-state index in [1.807, 2.05) is 23.6 Å². The molecule has 0 spiro atoms. The van der Waals surface area contributed by atoms with E-state index in [-0.39, 0.29) is 6.42 Å². The number of methoxy groups -OCH3 is 2. The number of ether oxygens (including phenoxy) is 3. The number of anilines is 1. The first kappa shape index (κ1) is 25.8. The van der Waals surface area contributed by atoms with Gasteiger partial charge < -0.3 is 19.5 Å². The van der Waals surface area contributed by atoms with Gasteiger partial charge in [-0.1, -0.05) is 41.4 Å².